The maximum absolute atomic E-state index is 13.5. The number of alkyl halides is 3. The zero-order valence-corrected chi connectivity index (χ0v) is 19.3. The summed E-state index contributed by atoms with van der Waals surface area (Å²) in [5, 5.41) is 0. The molecule has 1 atom stereocenters. The normalized spacial score (nSPS) is 18.9. The lowest BCUT2D eigenvalue weighted by Gasteiger charge is -2.37. The van der Waals surface area contributed by atoms with E-state index in [0.29, 0.717) is 49.7 Å². The van der Waals surface area contributed by atoms with Gasteiger partial charge in [0.25, 0.3) is 0 Å². The molecular formula is C25H26F4N6. The fourth-order valence-corrected chi connectivity index (χ4v) is 4.73. The summed E-state index contributed by atoms with van der Waals surface area (Å²) in [5.41, 5.74) is 0.750. The minimum atomic E-state index is -4.46. The van der Waals surface area contributed by atoms with Crippen LogP contribution in [0.25, 0.3) is 11.3 Å². The van der Waals surface area contributed by atoms with Gasteiger partial charge in [-0.15, -0.1) is 0 Å². The highest BCUT2D eigenvalue weighted by molar-refractivity contribution is 5.65. The molecule has 1 unspecified atom stereocenters. The Morgan fingerprint density at radius 1 is 0.914 bits per heavy atom. The molecule has 0 bridgehead atoms. The second-order valence-corrected chi connectivity index (χ2v) is 8.95. The first-order chi connectivity index (χ1) is 16.8. The lowest BCUT2D eigenvalue weighted by atomic mass is 10.1. The van der Waals surface area contributed by atoms with E-state index in [4.69, 9.17) is 9.97 Å². The Hall–Kier alpha value is -3.43. The van der Waals surface area contributed by atoms with Crippen LogP contribution < -0.4 is 14.7 Å². The molecule has 0 spiro atoms. The minimum Gasteiger partial charge on any atom is -0.353 e. The average molecular weight is 487 g/mol. The van der Waals surface area contributed by atoms with E-state index in [1.165, 1.54) is 24.4 Å². The number of benzene rings is 1. The summed E-state index contributed by atoms with van der Waals surface area (Å²) in [5.74, 6) is 0.977. The molecular weight excluding hydrogens is 460 g/mol. The smallest absolute Gasteiger partial charge is 0.353 e. The van der Waals surface area contributed by atoms with Crippen LogP contribution in [0, 0.1) is 5.82 Å². The molecule has 35 heavy (non-hydrogen) atoms. The van der Waals surface area contributed by atoms with E-state index in [0.717, 1.165) is 31.0 Å². The van der Waals surface area contributed by atoms with Crippen molar-refractivity contribution >= 4 is 17.6 Å². The summed E-state index contributed by atoms with van der Waals surface area (Å²) in [6.45, 7) is 4.74. The van der Waals surface area contributed by atoms with Crippen molar-refractivity contribution in [2.75, 3.05) is 47.4 Å². The number of nitrogens with zero attached hydrogens (tertiary/aromatic N) is 6. The molecule has 0 radical (unpaired) electrons. The van der Waals surface area contributed by atoms with E-state index in [2.05, 4.69) is 21.7 Å². The predicted molar refractivity (Wildman–Crippen MR) is 127 cm³/mol. The first kappa shape index (κ1) is 23.3. The number of hydrogen-bond donors (Lipinski definition) is 0. The molecule has 2 aromatic heterocycles. The van der Waals surface area contributed by atoms with E-state index in [-0.39, 0.29) is 11.6 Å². The Morgan fingerprint density at radius 3 is 2.29 bits per heavy atom. The zero-order valence-electron chi connectivity index (χ0n) is 19.3. The Balaban J connectivity index is 1.42. The number of aromatic nitrogens is 3. The highest BCUT2D eigenvalue weighted by atomic mass is 19.4. The van der Waals surface area contributed by atoms with Crippen LogP contribution in [0.3, 0.4) is 0 Å². The van der Waals surface area contributed by atoms with E-state index in [1.54, 1.807) is 17.0 Å². The molecule has 5 rings (SSSR count). The van der Waals surface area contributed by atoms with Crippen LogP contribution >= 0.6 is 0 Å². The van der Waals surface area contributed by atoms with Gasteiger partial charge in [-0.2, -0.15) is 18.2 Å². The molecule has 10 heteroatoms. The van der Waals surface area contributed by atoms with Gasteiger partial charge in [0.05, 0.1) is 11.3 Å². The summed E-state index contributed by atoms with van der Waals surface area (Å²) in [6.07, 6.45) is -0.951. The highest BCUT2D eigenvalue weighted by Gasteiger charge is 2.36. The maximum Gasteiger partial charge on any atom is 0.419 e. The van der Waals surface area contributed by atoms with Gasteiger partial charge in [0, 0.05) is 56.6 Å². The van der Waals surface area contributed by atoms with Gasteiger partial charge in [-0.3, -0.25) is 0 Å². The van der Waals surface area contributed by atoms with Crippen molar-refractivity contribution in [2.45, 2.75) is 32.0 Å². The van der Waals surface area contributed by atoms with Crippen LogP contribution in [0.5, 0.6) is 0 Å². The van der Waals surface area contributed by atoms with Gasteiger partial charge in [-0.25, -0.2) is 14.4 Å². The first-order valence-corrected chi connectivity index (χ1v) is 11.7. The molecule has 2 aliphatic rings. The summed E-state index contributed by atoms with van der Waals surface area (Å²) in [4.78, 5) is 19.6. The van der Waals surface area contributed by atoms with Gasteiger partial charge in [0.1, 0.15) is 17.5 Å². The quantitative estimate of drug-likeness (QED) is 0.483. The average Bonchev–Trinajstić information content (AvgIpc) is 3.30. The number of hydrogen-bond acceptors (Lipinski definition) is 6. The number of rotatable bonds is 4. The SMILES string of the molecule is CC1CCCN1c1nc(-c2ccc(F)cc2)cc(N2CCN(c3ncccc3C(F)(F)F)CC2)n1. The largest absolute Gasteiger partial charge is 0.419 e. The summed E-state index contributed by atoms with van der Waals surface area (Å²) >= 11 is 0. The highest BCUT2D eigenvalue weighted by Crippen LogP contribution is 2.36. The van der Waals surface area contributed by atoms with Crippen LogP contribution in [-0.4, -0.2) is 53.7 Å². The first-order valence-electron chi connectivity index (χ1n) is 11.7. The van der Waals surface area contributed by atoms with Crippen LogP contribution in [0.15, 0.2) is 48.7 Å². The number of pyridine rings is 1. The van der Waals surface area contributed by atoms with Crippen molar-refractivity contribution in [3.8, 4) is 11.3 Å². The van der Waals surface area contributed by atoms with Gasteiger partial charge in [-0.05, 0) is 56.2 Å². The van der Waals surface area contributed by atoms with E-state index < -0.39 is 11.7 Å². The zero-order chi connectivity index (χ0) is 24.6. The fourth-order valence-electron chi connectivity index (χ4n) is 4.73. The van der Waals surface area contributed by atoms with Crippen LogP contribution in [-0.2, 0) is 6.18 Å². The predicted octanol–water partition coefficient (Wildman–Crippen LogP) is 5.01. The summed E-state index contributed by atoms with van der Waals surface area (Å²) in [6, 6.07) is 10.7. The Labute approximate surface area is 201 Å². The molecule has 1 aromatic carbocycles. The van der Waals surface area contributed by atoms with E-state index in [9.17, 15) is 17.6 Å². The monoisotopic (exact) mass is 486 g/mol. The van der Waals surface area contributed by atoms with Crippen molar-refractivity contribution in [1.29, 1.82) is 0 Å². The van der Waals surface area contributed by atoms with Gasteiger partial charge >= 0.3 is 6.18 Å². The van der Waals surface area contributed by atoms with Crippen LogP contribution in [0.2, 0.25) is 0 Å². The molecule has 0 amide bonds. The second-order valence-electron chi connectivity index (χ2n) is 8.95. The molecule has 184 valence electrons. The maximum atomic E-state index is 13.5. The topological polar surface area (TPSA) is 48.4 Å². The molecule has 6 nitrogen and oxygen atoms in total. The molecule has 0 N–H and O–H groups in total. The summed E-state index contributed by atoms with van der Waals surface area (Å²) < 4.78 is 53.9. The molecule has 4 heterocycles. The van der Waals surface area contributed by atoms with Crippen molar-refractivity contribution in [1.82, 2.24) is 15.0 Å². The van der Waals surface area contributed by atoms with Crippen molar-refractivity contribution in [3.05, 3.63) is 60.0 Å². The van der Waals surface area contributed by atoms with Gasteiger partial charge in [0.15, 0.2) is 0 Å². The third kappa shape index (κ3) is 4.87. The van der Waals surface area contributed by atoms with E-state index >= 15 is 0 Å². The van der Waals surface area contributed by atoms with Crippen molar-refractivity contribution in [3.63, 3.8) is 0 Å². The summed E-state index contributed by atoms with van der Waals surface area (Å²) in [7, 11) is 0. The van der Waals surface area contributed by atoms with Gasteiger partial charge < -0.3 is 14.7 Å². The molecule has 0 saturated carbocycles. The lowest BCUT2D eigenvalue weighted by molar-refractivity contribution is -0.137. The van der Waals surface area contributed by atoms with E-state index in [1.807, 2.05) is 6.07 Å². The third-order valence-electron chi connectivity index (χ3n) is 6.65. The Kier molecular flexibility index (Phi) is 6.21. The third-order valence-corrected chi connectivity index (χ3v) is 6.65. The van der Waals surface area contributed by atoms with Crippen LogP contribution in [0.1, 0.15) is 25.3 Å². The number of halogens is 4. The molecule has 2 fully saturated rings. The van der Waals surface area contributed by atoms with Crippen LogP contribution in [0.4, 0.5) is 35.1 Å². The molecule has 3 aromatic rings. The minimum absolute atomic E-state index is 0.0408. The Morgan fingerprint density at radius 2 is 1.63 bits per heavy atom. The van der Waals surface area contributed by atoms with Gasteiger partial charge in [0.2, 0.25) is 5.95 Å². The standard InChI is InChI=1S/C25H26F4N6/c1-17-4-3-11-35(17)24-31-21(18-6-8-19(26)9-7-18)16-22(32-24)33-12-14-34(15-13-33)23-20(25(27,28)29)5-2-10-30-23/h2,5-10,16-17H,3-4,11-15H2,1H3. The number of anilines is 3. The lowest BCUT2D eigenvalue weighted by Crippen LogP contribution is -2.47. The van der Waals surface area contributed by atoms with Crippen molar-refractivity contribution in [2.24, 2.45) is 0 Å². The molecule has 0 aliphatic carbocycles. The number of piperazine rings is 1. The molecule has 2 saturated heterocycles. The van der Waals surface area contributed by atoms with Crippen molar-refractivity contribution < 1.29 is 17.6 Å². The fraction of sp³-hybridized carbons (Fsp3) is 0.400. The molecule has 2 aliphatic heterocycles. The van der Waals surface area contributed by atoms with Gasteiger partial charge in [-0.1, -0.05) is 0 Å². The second kappa shape index (κ2) is 9.31. The Bertz CT molecular complexity index is 1180.